The summed E-state index contributed by atoms with van der Waals surface area (Å²) in [6, 6.07) is 0. The molecule has 1 spiro atoms. The third-order valence-corrected chi connectivity index (χ3v) is 9.13. The third kappa shape index (κ3) is 4.10. The normalized spacial score (nSPS) is 38.7. The van der Waals surface area contributed by atoms with Gasteiger partial charge in [0.2, 0.25) is 0 Å². The molecule has 2 N–H and O–H groups in total. The molecule has 202 valence electrons. The van der Waals surface area contributed by atoms with Crippen LogP contribution in [0.3, 0.4) is 0 Å². The predicted octanol–water partition coefficient (Wildman–Crippen LogP) is 3.57. The van der Waals surface area contributed by atoms with Crippen molar-refractivity contribution < 1.29 is 33.7 Å². The number of Topliss-reactive ketones (excluding diaryl/α,β-unsaturated/α-hetero) is 2. The summed E-state index contributed by atoms with van der Waals surface area (Å²) >= 11 is 0. The van der Waals surface area contributed by atoms with E-state index < -0.39 is 59.3 Å². The molecule has 3 rings (SSSR count). The highest BCUT2D eigenvalue weighted by Gasteiger charge is 2.66. The van der Waals surface area contributed by atoms with E-state index in [1.54, 1.807) is 69.2 Å². The Morgan fingerprint density at radius 1 is 1.03 bits per heavy atom. The SMILES string of the molecule is CCC(=O)[C@H](C)[C@H]1O[C@]2(O[C@](O)([C@@H](C)c3oc(C)c(C)c(=O)c3C)[C@@H](C)[C@@H](O)[C@H]2C)[C@H](C)C(=O)[C@@H]1C. The first kappa shape index (κ1) is 28.7. The molecule has 0 aromatic carbocycles. The predicted molar refractivity (Wildman–Crippen MR) is 133 cm³/mol. The lowest BCUT2D eigenvalue weighted by molar-refractivity contribution is -0.449. The van der Waals surface area contributed by atoms with Gasteiger partial charge in [-0.25, -0.2) is 0 Å². The fraction of sp³-hybridized carbons (Fsp3) is 0.750. The number of hydrogen-bond donors (Lipinski definition) is 2. The number of aliphatic hydroxyl groups excluding tert-OH is 1. The van der Waals surface area contributed by atoms with Gasteiger partial charge >= 0.3 is 0 Å². The summed E-state index contributed by atoms with van der Waals surface area (Å²) in [4.78, 5) is 38.9. The zero-order valence-corrected chi connectivity index (χ0v) is 23.2. The van der Waals surface area contributed by atoms with E-state index in [0.29, 0.717) is 23.3 Å². The largest absolute Gasteiger partial charge is 0.465 e. The van der Waals surface area contributed by atoms with Gasteiger partial charge in [-0.15, -0.1) is 0 Å². The maximum absolute atomic E-state index is 13.5. The molecule has 0 amide bonds. The van der Waals surface area contributed by atoms with Crippen molar-refractivity contribution in [3.05, 3.63) is 32.9 Å². The number of aryl methyl sites for hydroxylation is 1. The van der Waals surface area contributed by atoms with Crippen molar-refractivity contribution in [3.63, 3.8) is 0 Å². The minimum absolute atomic E-state index is 0.0436. The lowest BCUT2D eigenvalue weighted by atomic mass is 9.67. The highest BCUT2D eigenvalue weighted by Crippen LogP contribution is 2.54. The topological polar surface area (TPSA) is 123 Å². The molecule has 8 nitrogen and oxygen atoms in total. The molecule has 0 aliphatic carbocycles. The summed E-state index contributed by atoms with van der Waals surface area (Å²) in [6.07, 6.45) is -1.58. The number of rotatable bonds is 5. The smallest absolute Gasteiger partial charge is 0.191 e. The van der Waals surface area contributed by atoms with Crippen LogP contribution in [0.2, 0.25) is 0 Å². The van der Waals surface area contributed by atoms with E-state index in [4.69, 9.17) is 13.9 Å². The van der Waals surface area contributed by atoms with Crippen LogP contribution in [0.15, 0.2) is 9.21 Å². The Bertz CT molecular complexity index is 1090. The summed E-state index contributed by atoms with van der Waals surface area (Å²) < 4.78 is 19.0. The van der Waals surface area contributed by atoms with Gasteiger partial charge in [-0.2, -0.15) is 0 Å². The molecule has 2 aliphatic heterocycles. The van der Waals surface area contributed by atoms with E-state index in [0.717, 1.165) is 0 Å². The molecule has 2 fully saturated rings. The number of hydrogen-bond acceptors (Lipinski definition) is 8. The van der Waals surface area contributed by atoms with Crippen molar-refractivity contribution in [2.24, 2.45) is 29.6 Å². The molecular formula is C28H42O8. The minimum Gasteiger partial charge on any atom is -0.465 e. The number of carbonyl (C=O) groups excluding carboxylic acids is 2. The van der Waals surface area contributed by atoms with Gasteiger partial charge < -0.3 is 24.1 Å². The van der Waals surface area contributed by atoms with E-state index in [1.165, 1.54) is 0 Å². The standard InChI is InChI=1S/C28H42O8/c1-11-21(29)13(3)25-15(5)23(31)17(7)28(35-25)18(8)24(32)16(6)27(33,36-28)19(9)26-14(4)22(30)12(2)20(10)34-26/h13,15-19,24-25,32-33H,11H2,1-10H3/t13-,15-,16-,17+,18+,19-,24+,25+,27-,28-/m0/s1. The number of ether oxygens (including phenoxy) is 2. The third-order valence-electron chi connectivity index (χ3n) is 9.13. The molecule has 10 atom stereocenters. The summed E-state index contributed by atoms with van der Waals surface area (Å²) in [7, 11) is 0. The lowest BCUT2D eigenvalue weighted by Gasteiger charge is -2.60. The molecule has 0 saturated carbocycles. The monoisotopic (exact) mass is 506 g/mol. The molecule has 8 heteroatoms. The average Bonchev–Trinajstić information content (AvgIpc) is 2.86. The van der Waals surface area contributed by atoms with Crippen molar-refractivity contribution in [3.8, 4) is 0 Å². The highest BCUT2D eigenvalue weighted by atomic mass is 16.8. The van der Waals surface area contributed by atoms with Crippen molar-refractivity contribution in [2.75, 3.05) is 0 Å². The Balaban J connectivity index is 2.15. The van der Waals surface area contributed by atoms with Gasteiger partial charge in [0.15, 0.2) is 17.0 Å². The summed E-state index contributed by atoms with van der Waals surface area (Å²) in [6.45, 7) is 17.0. The van der Waals surface area contributed by atoms with Crippen LogP contribution in [0, 0.1) is 50.4 Å². The molecule has 1 aromatic rings. The first-order valence-electron chi connectivity index (χ1n) is 13.0. The Kier molecular flexibility index (Phi) is 7.80. The molecule has 2 saturated heterocycles. The summed E-state index contributed by atoms with van der Waals surface area (Å²) in [5.41, 5.74) is 0.647. The maximum Gasteiger partial charge on any atom is 0.191 e. The van der Waals surface area contributed by atoms with Crippen molar-refractivity contribution >= 4 is 11.6 Å². The van der Waals surface area contributed by atoms with Crippen LogP contribution >= 0.6 is 0 Å². The van der Waals surface area contributed by atoms with Crippen molar-refractivity contribution in [1.29, 1.82) is 0 Å². The van der Waals surface area contributed by atoms with E-state index in [1.807, 2.05) is 0 Å². The maximum atomic E-state index is 13.5. The molecular weight excluding hydrogens is 464 g/mol. The molecule has 0 unspecified atom stereocenters. The molecule has 0 radical (unpaired) electrons. The van der Waals surface area contributed by atoms with Crippen molar-refractivity contribution in [2.45, 2.75) is 105 Å². The Morgan fingerprint density at radius 2 is 1.61 bits per heavy atom. The Hall–Kier alpha value is -1.87. The second kappa shape index (κ2) is 9.78. The number of aliphatic hydroxyl groups is 2. The first-order chi connectivity index (χ1) is 16.6. The number of carbonyl (C=O) groups is 2. The zero-order valence-electron chi connectivity index (χ0n) is 23.2. The van der Waals surface area contributed by atoms with Crippen LogP contribution < -0.4 is 5.43 Å². The summed E-state index contributed by atoms with van der Waals surface area (Å²) in [5, 5.41) is 23.5. The van der Waals surface area contributed by atoms with E-state index in [9.17, 15) is 24.6 Å². The molecule has 2 aliphatic rings. The second-order valence-corrected chi connectivity index (χ2v) is 11.1. The molecule has 0 bridgehead atoms. The van der Waals surface area contributed by atoms with E-state index in [2.05, 4.69) is 0 Å². The van der Waals surface area contributed by atoms with Crippen LogP contribution in [-0.4, -0.2) is 45.6 Å². The van der Waals surface area contributed by atoms with Gasteiger partial charge in [-0.05, 0) is 20.8 Å². The second-order valence-electron chi connectivity index (χ2n) is 11.1. The van der Waals surface area contributed by atoms with Gasteiger partial charge in [-0.3, -0.25) is 14.4 Å². The van der Waals surface area contributed by atoms with Crippen LogP contribution in [0.25, 0.3) is 0 Å². The van der Waals surface area contributed by atoms with Crippen LogP contribution in [0.5, 0.6) is 0 Å². The lowest BCUT2D eigenvalue weighted by Crippen LogP contribution is -2.72. The molecule has 1 aromatic heterocycles. The zero-order chi connectivity index (χ0) is 27.5. The fourth-order valence-corrected chi connectivity index (χ4v) is 6.14. The van der Waals surface area contributed by atoms with Gasteiger partial charge in [0.25, 0.3) is 0 Å². The van der Waals surface area contributed by atoms with Crippen molar-refractivity contribution in [1.82, 2.24) is 0 Å². The minimum atomic E-state index is -2.04. The quantitative estimate of drug-likeness (QED) is 0.621. The van der Waals surface area contributed by atoms with Gasteiger partial charge in [0.05, 0.1) is 24.0 Å². The average molecular weight is 507 g/mol. The van der Waals surface area contributed by atoms with Crippen LogP contribution in [0.4, 0.5) is 0 Å². The first-order valence-corrected chi connectivity index (χ1v) is 13.0. The summed E-state index contributed by atoms with van der Waals surface area (Å²) in [5.74, 6) is -7.56. The fourth-order valence-electron chi connectivity index (χ4n) is 6.14. The highest BCUT2D eigenvalue weighted by molar-refractivity contribution is 5.87. The number of ketones is 2. The van der Waals surface area contributed by atoms with Gasteiger partial charge in [0.1, 0.15) is 23.1 Å². The Morgan fingerprint density at radius 3 is 2.17 bits per heavy atom. The van der Waals surface area contributed by atoms with Gasteiger partial charge in [-0.1, -0.05) is 48.5 Å². The molecule has 36 heavy (non-hydrogen) atoms. The van der Waals surface area contributed by atoms with E-state index in [-0.39, 0.29) is 22.8 Å². The molecule has 3 heterocycles. The van der Waals surface area contributed by atoms with Crippen LogP contribution in [0.1, 0.15) is 83.5 Å². The van der Waals surface area contributed by atoms with Gasteiger partial charge in [0, 0.05) is 41.2 Å². The Labute approximate surface area is 213 Å². The van der Waals surface area contributed by atoms with Crippen LogP contribution in [-0.2, 0) is 19.1 Å². The van der Waals surface area contributed by atoms with E-state index >= 15 is 0 Å².